The van der Waals surface area contributed by atoms with Crippen LogP contribution in [0.3, 0.4) is 0 Å². The number of amides is 1. The van der Waals surface area contributed by atoms with Gasteiger partial charge in [-0.25, -0.2) is 0 Å². The molecule has 0 bridgehead atoms. The fourth-order valence-corrected chi connectivity index (χ4v) is 2.94. The lowest BCUT2D eigenvalue weighted by Crippen LogP contribution is -2.40. The van der Waals surface area contributed by atoms with Gasteiger partial charge in [0.25, 0.3) is 5.91 Å². The first kappa shape index (κ1) is 13.8. The Hall–Kier alpha value is -2.17. The molecule has 1 N–H and O–H groups in total. The maximum absolute atomic E-state index is 12.5. The summed E-state index contributed by atoms with van der Waals surface area (Å²) in [5.74, 6) is 0.534. The monoisotopic (exact) mass is 284 g/mol. The lowest BCUT2D eigenvalue weighted by molar-refractivity contribution is 0.0667. The van der Waals surface area contributed by atoms with Crippen LogP contribution >= 0.6 is 0 Å². The van der Waals surface area contributed by atoms with Crippen molar-refractivity contribution < 1.29 is 4.79 Å². The van der Waals surface area contributed by atoms with Crippen molar-refractivity contribution in [2.75, 3.05) is 13.1 Å². The minimum atomic E-state index is 0.0432. The SMILES string of the molecule is Cc1cn[nH]c1C[C@@H]1CCCN(C(=O)c2ccccn2)C1. The summed E-state index contributed by atoms with van der Waals surface area (Å²) < 4.78 is 0. The van der Waals surface area contributed by atoms with Crippen molar-refractivity contribution in [2.24, 2.45) is 5.92 Å². The van der Waals surface area contributed by atoms with Gasteiger partial charge in [-0.3, -0.25) is 14.9 Å². The molecule has 5 heteroatoms. The quantitative estimate of drug-likeness (QED) is 0.940. The fraction of sp³-hybridized carbons (Fsp3) is 0.438. The standard InChI is InChI=1S/C16H20N4O/c1-12-10-18-19-15(12)9-13-5-4-8-20(11-13)16(21)14-6-2-3-7-17-14/h2-3,6-7,10,13H,4-5,8-9,11H2,1H3,(H,18,19)/t13-/m0/s1. The van der Waals surface area contributed by atoms with Crippen molar-refractivity contribution in [1.29, 1.82) is 0 Å². The maximum Gasteiger partial charge on any atom is 0.272 e. The molecule has 3 rings (SSSR count). The third-order valence-electron chi connectivity index (χ3n) is 4.12. The molecule has 1 amide bonds. The predicted octanol–water partition coefficient (Wildman–Crippen LogP) is 2.21. The van der Waals surface area contributed by atoms with Crippen LogP contribution < -0.4 is 0 Å². The molecule has 0 aromatic carbocycles. The van der Waals surface area contributed by atoms with Crippen molar-refractivity contribution in [3.63, 3.8) is 0 Å². The van der Waals surface area contributed by atoms with Crippen LogP contribution in [0.5, 0.6) is 0 Å². The second kappa shape index (κ2) is 6.08. The van der Waals surface area contributed by atoms with Crippen LogP contribution in [0.4, 0.5) is 0 Å². The van der Waals surface area contributed by atoms with Crippen LogP contribution in [0, 0.1) is 12.8 Å². The highest BCUT2D eigenvalue weighted by Gasteiger charge is 2.25. The molecule has 0 aliphatic carbocycles. The van der Waals surface area contributed by atoms with E-state index in [1.807, 2.05) is 23.2 Å². The van der Waals surface area contributed by atoms with Crippen LogP contribution in [-0.2, 0) is 6.42 Å². The van der Waals surface area contributed by atoms with Crippen molar-refractivity contribution in [1.82, 2.24) is 20.1 Å². The molecule has 1 aliphatic heterocycles. The molecule has 21 heavy (non-hydrogen) atoms. The first-order valence-electron chi connectivity index (χ1n) is 7.43. The number of nitrogens with one attached hydrogen (secondary N) is 1. The molecule has 110 valence electrons. The summed E-state index contributed by atoms with van der Waals surface area (Å²) in [7, 11) is 0. The molecular weight excluding hydrogens is 264 g/mol. The summed E-state index contributed by atoms with van der Waals surface area (Å²) in [4.78, 5) is 18.6. The van der Waals surface area contributed by atoms with E-state index in [-0.39, 0.29) is 5.91 Å². The molecule has 1 fully saturated rings. The Morgan fingerprint density at radius 1 is 1.48 bits per heavy atom. The van der Waals surface area contributed by atoms with E-state index in [1.54, 1.807) is 12.3 Å². The number of rotatable bonds is 3. The topological polar surface area (TPSA) is 61.9 Å². The third kappa shape index (κ3) is 3.12. The predicted molar refractivity (Wildman–Crippen MR) is 79.9 cm³/mol. The number of carbonyl (C=O) groups excluding carboxylic acids is 1. The smallest absolute Gasteiger partial charge is 0.272 e. The highest BCUT2D eigenvalue weighted by molar-refractivity contribution is 5.92. The summed E-state index contributed by atoms with van der Waals surface area (Å²) in [6, 6.07) is 5.47. The molecular formula is C16H20N4O. The first-order chi connectivity index (χ1) is 10.2. The van der Waals surface area contributed by atoms with E-state index in [2.05, 4.69) is 22.1 Å². The van der Waals surface area contributed by atoms with Crippen LogP contribution in [-0.4, -0.2) is 39.1 Å². The van der Waals surface area contributed by atoms with E-state index >= 15 is 0 Å². The average Bonchev–Trinajstić information content (AvgIpc) is 2.93. The number of likely N-dealkylation sites (tertiary alicyclic amines) is 1. The van der Waals surface area contributed by atoms with Gasteiger partial charge >= 0.3 is 0 Å². The maximum atomic E-state index is 12.5. The van der Waals surface area contributed by atoms with Gasteiger partial charge in [-0.05, 0) is 49.8 Å². The number of H-pyrrole nitrogens is 1. The fourth-order valence-electron chi connectivity index (χ4n) is 2.94. The van der Waals surface area contributed by atoms with Gasteiger partial charge in [-0.15, -0.1) is 0 Å². The number of pyridine rings is 1. The Labute approximate surface area is 124 Å². The molecule has 2 aromatic heterocycles. The van der Waals surface area contributed by atoms with Gasteiger partial charge < -0.3 is 4.90 Å². The molecule has 0 saturated carbocycles. The molecule has 1 saturated heterocycles. The molecule has 5 nitrogen and oxygen atoms in total. The summed E-state index contributed by atoms with van der Waals surface area (Å²) in [5.41, 5.74) is 2.92. The van der Waals surface area contributed by atoms with Crippen molar-refractivity contribution >= 4 is 5.91 Å². The van der Waals surface area contributed by atoms with Gasteiger partial charge in [-0.1, -0.05) is 6.07 Å². The molecule has 0 spiro atoms. The lowest BCUT2D eigenvalue weighted by atomic mass is 9.92. The summed E-state index contributed by atoms with van der Waals surface area (Å²) in [6.45, 7) is 3.69. The van der Waals surface area contributed by atoms with Crippen LogP contribution in [0.1, 0.15) is 34.6 Å². The Morgan fingerprint density at radius 2 is 2.38 bits per heavy atom. The zero-order valence-electron chi connectivity index (χ0n) is 12.2. The van der Waals surface area contributed by atoms with E-state index in [9.17, 15) is 4.79 Å². The zero-order valence-corrected chi connectivity index (χ0v) is 12.2. The minimum Gasteiger partial charge on any atom is -0.337 e. The van der Waals surface area contributed by atoms with Gasteiger partial charge in [0.1, 0.15) is 5.69 Å². The molecule has 2 aromatic rings. The number of hydrogen-bond acceptors (Lipinski definition) is 3. The van der Waals surface area contributed by atoms with Crippen LogP contribution in [0.25, 0.3) is 0 Å². The lowest BCUT2D eigenvalue weighted by Gasteiger charge is -2.32. The molecule has 1 aliphatic rings. The average molecular weight is 284 g/mol. The van der Waals surface area contributed by atoms with Crippen LogP contribution in [0.2, 0.25) is 0 Å². The number of piperidine rings is 1. The van der Waals surface area contributed by atoms with Crippen molar-refractivity contribution in [2.45, 2.75) is 26.2 Å². The number of aromatic amines is 1. The van der Waals surface area contributed by atoms with Gasteiger partial charge in [-0.2, -0.15) is 5.10 Å². The van der Waals surface area contributed by atoms with Gasteiger partial charge in [0.05, 0.1) is 6.20 Å². The molecule has 0 unspecified atom stereocenters. The Balaban J connectivity index is 1.66. The number of aryl methyl sites for hydroxylation is 1. The van der Waals surface area contributed by atoms with Crippen LogP contribution in [0.15, 0.2) is 30.6 Å². The van der Waals surface area contributed by atoms with E-state index in [1.165, 1.54) is 11.3 Å². The highest BCUT2D eigenvalue weighted by atomic mass is 16.2. The summed E-state index contributed by atoms with van der Waals surface area (Å²) in [6.07, 6.45) is 6.69. The molecule has 0 radical (unpaired) electrons. The number of carbonyl (C=O) groups is 1. The van der Waals surface area contributed by atoms with Gasteiger partial charge in [0, 0.05) is 25.0 Å². The molecule has 3 heterocycles. The highest BCUT2D eigenvalue weighted by Crippen LogP contribution is 2.22. The van der Waals surface area contributed by atoms with E-state index in [4.69, 9.17) is 0 Å². The number of hydrogen-bond donors (Lipinski definition) is 1. The number of nitrogens with zero attached hydrogens (tertiary/aromatic N) is 3. The van der Waals surface area contributed by atoms with Crippen molar-refractivity contribution in [3.8, 4) is 0 Å². The van der Waals surface area contributed by atoms with E-state index < -0.39 is 0 Å². The Morgan fingerprint density at radius 3 is 3.10 bits per heavy atom. The zero-order chi connectivity index (χ0) is 14.7. The second-order valence-corrected chi connectivity index (χ2v) is 5.71. The first-order valence-corrected chi connectivity index (χ1v) is 7.43. The van der Waals surface area contributed by atoms with Crippen molar-refractivity contribution in [3.05, 3.63) is 47.5 Å². The summed E-state index contributed by atoms with van der Waals surface area (Å²) in [5, 5.41) is 7.14. The van der Waals surface area contributed by atoms with Gasteiger partial charge in [0.2, 0.25) is 0 Å². The second-order valence-electron chi connectivity index (χ2n) is 5.71. The molecule has 1 atom stereocenters. The van der Waals surface area contributed by atoms with E-state index in [0.29, 0.717) is 11.6 Å². The largest absolute Gasteiger partial charge is 0.337 e. The third-order valence-corrected chi connectivity index (χ3v) is 4.12. The Bertz CT molecular complexity index is 608. The Kier molecular flexibility index (Phi) is 3.99. The van der Waals surface area contributed by atoms with E-state index in [0.717, 1.165) is 32.4 Å². The number of aromatic nitrogens is 3. The van der Waals surface area contributed by atoms with Gasteiger partial charge in [0.15, 0.2) is 0 Å². The summed E-state index contributed by atoms with van der Waals surface area (Å²) >= 11 is 0. The normalized spacial score (nSPS) is 18.7. The minimum absolute atomic E-state index is 0.0432.